The Balaban J connectivity index is 3.09. The van der Waals surface area contributed by atoms with E-state index >= 15 is 0 Å². The summed E-state index contributed by atoms with van der Waals surface area (Å²) < 4.78 is 10.4. The largest absolute Gasteiger partial charge is 0.496 e. The van der Waals surface area contributed by atoms with Crippen LogP contribution in [-0.4, -0.2) is 19.3 Å². The van der Waals surface area contributed by atoms with Crippen LogP contribution in [0.15, 0.2) is 18.2 Å². The first kappa shape index (κ1) is 11.9. The van der Waals surface area contributed by atoms with Crippen LogP contribution in [0.2, 0.25) is 0 Å². The van der Waals surface area contributed by atoms with Crippen LogP contribution >= 0.6 is 0 Å². The average Bonchev–Trinajstić information content (AvgIpc) is 2.28. The highest BCUT2D eigenvalue weighted by Gasteiger charge is 2.17. The van der Waals surface area contributed by atoms with Gasteiger partial charge < -0.3 is 14.6 Å². The zero-order valence-corrected chi connectivity index (χ0v) is 9.49. The highest BCUT2D eigenvalue weighted by Crippen LogP contribution is 2.35. The van der Waals surface area contributed by atoms with Crippen molar-refractivity contribution >= 4 is 0 Å². The maximum atomic E-state index is 9.98. The third kappa shape index (κ3) is 2.63. The Morgan fingerprint density at radius 2 is 1.73 bits per heavy atom. The van der Waals surface area contributed by atoms with Crippen LogP contribution in [0.4, 0.5) is 0 Å². The molecule has 0 heterocycles. The molecule has 15 heavy (non-hydrogen) atoms. The van der Waals surface area contributed by atoms with Crippen molar-refractivity contribution in [2.75, 3.05) is 14.2 Å². The molecule has 0 fully saturated rings. The molecule has 84 valence electrons. The molecule has 0 aromatic heterocycles. The van der Waals surface area contributed by atoms with Crippen molar-refractivity contribution in [1.82, 2.24) is 0 Å². The van der Waals surface area contributed by atoms with E-state index in [9.17, 15) is 5.11 Å². The van der Waals surface area contributed by atoms with Crippen molar-refractivity contribution in [3.05, 3.63) is 23.8 Å². The highest BCUT2D eigenvalue weighted by atomic mass is 16.5. The molecule has 1 atom stereocenters. The van der Waals surface area contributed by atoms with E-state index in [1.807, 2.05) is 25.1 Å². The first-order valence-electron chi connectivity index (χ1n) is 5.13. The molecule has 0 aliphatic carbocycles. The van der Waals surface area contributed by atoms with Gasteiger partial charge in [0.2, 0.25) is 0 Å². The molecule has 1 unspecified atom stereocenters. The van der Waals surface area contributed by atoms with Gasteiger partial charge in [-0.3, -0.25) is 0 Å². The molecule has 0 aliphatic rings. The van der Waals surface area contributed by atoms with E-state index in [-0.39, 0.29) is 0 Å². The Bertz CT molecular complexity index is 287. The maximum Gasteiger partial charge on any atom is 0.128 e. The van der Waals surface area contributed by atoms with Gasteiger partial charge in [0.1, 0.15) is 11.5 Å². The van der Waals surface area contributed by atoms with Crippen LogP contribution in [0.3, 0.4) is 0 Å². The van der Waals surface area contributed by atoms with E-state index in [1.165, 1.54) is 0 Å². The molecular formula is C12H18O3. The Labute approximate surface area is 90.6 Å². The minimum Gasteiger partial charge on any atom is -0.496 e. The molecule has 1 aromatic rings. The van der Waals surface area contributed by atoms with Gasteiger partial charge in [0.15, 0.2) is 0 Å². The highest BCUT2D eigenvalue weighted by molar-refractivity contribution is 5.46. The van der Waals surface area contributed by atoms with Gasteiger partial charge in [-0.1, -0.05) is 19.4 Å². The van der Waals surface area contributed by atoms with Gasteiger partial charge in [0.05, 0.1) is 25.9 Å². The Morgan fingerprint density at radius 3 is 2.13 bits per heavy atom. The van der Waals surface area contributed by atoms with Gasteiger partial charge in [0.25, 0.3) is 0 Å². The van der Waals surface area contributed by atoms with E-state index in [1.54, 1.807) is 14.2 Å². The van der Waals surface area contributed by atoms with Crippen molar-refractivity contribution in [3.63, 3.8) is 0 Å². The molecule has 1 aromatic carbocycles. The molecule has 0 bridgehead atoms. The SMILES string of the molecule is CCCC(O)c1c(OC)cccc1OC. The lowest BCUT2D eigenvalue weighted by Crippen LogP contribution is -2.03. The van der Waals surface area contributed by atoms with Crippen LogP contribution in [0, 0.1) is 0 Å². The first-order chi connectivity index (χ1) is 7.24. The second kappa shape index (κ2) is 5.61. The predicted molar refractivity (Wildman–Crippen MR) is 59.4 cm³/mol. The first-order valence-corrected chi connectivity index (χ1v) is 5.13. The van der Waals surface area contributed by atoms with E-state index < -0.39 is 6.10 Å². The summed E-state index contributed by atoms with van der Waals surface area (Å²) in [7, 11) is 3.19. The molecule has 3 heteroatoms. The summed E-state index contributed by atoms with van der Waals surface area (Å²) in [5, 5.41) is 9.98. The van der Waals surface area contributed by atoms with Gasteiger partial charge in [-0.05, 0) is 18.6 Å². The Morgan fingerprint density at radius 1 is 1.20 bits per heavy atom. The summed E-state index contributed by atoms with van der Waals surface area (Å²) in [5.74, 6) is 1.35. The van der Waals surface area contributed by atoms with Crippen molar-refractivity contribution < 1.29 is 14.6 Å². The molecule has 0 radical (unpaired) electrons. The summed E-state index contributed by atoms with van der Waals surface area (Å²) in [4.78, 5) is 0. The van der Waals surface area contributed by atoms with Crippen molar-refractivity contribution in [1.29, 1.82) is 0 Å². The second-order valence-corrected chi connectivity index (χ2v) is 3.38. The molecule has 1 N–H and O–H groups in total. The monoisotopic (exact) mass is 210 g/mol. The fraction of sp³-hybridized carbons (Fsp3) is 0.500. The third-order valence-electron chi connectivity index (χ3n) is 2.36. The quantitative estimate of drug-likeness (QED) is 0.811. The summed E-state index contributed by atoms with van der Waals surface area (Å²) in [5.41, 5.74) is 0.740. The molecule has 0 saturated heterocycles. The minimum absolute atomic E-state index is 0.527. The molecule has 0 saturated carbocycles. The second-order valence-electron chi connectivity index (χ2n) is 3.38. The summed E-state index contributed by atoms with van der Waals surface area (Å²) in [6.07, 6.45) is 1.10. The number of ether oxygens (including phenoxy) is 2. The van der Waals surface area contributed by atoms with Gasteiger partial charge in [-0.15, -0.1) is 0 Å². The number of benzene rings is 1. The van der Waals surface area contributed by atoms with E-state index in [0.717, 1.165) is 12.0 Å². The molecule has 3 nitrogen and oxygen atoms in total. The van der Waals surface area contributed by atoms with Crippen LogP contribution < -0.4 is 9.47 Å². The summed E-state index contributed by atoms with van der Waals surface area (Å²) >= 11 is 0. The van der Waals surface area contributed by atoms with E-state index in [2.05, 4.69) is 0 Å². The molecule has 0 spiro atoms. The lowest BCUT2D eigenvalue weighted by Gasteiger charge is -2.17. The lowest BCUT2D eigenvalue weighted by molar-refractivity contribution is 0.158. The Kier molecular flexibility index (Phi) is 4.43. The topological polar surface area (TPSA) is 38.7 Å². The fourth-order valence-corrected chi connectivity index (χ4v) is 1.63. The number of hydrogen-bond donors (Lipinski definition) is 1. The Hall–Kier alpha value is -1.22. The number of methoxy groups -OCH3 is 2. The van der Waals surface area contributed by atoms with Crippen molar-refractivity contribution in [2.24, 2.45) is 0 Å². The molecule has 1 rings (SSSR count). The van der Waals surface area contributed by atoms with Gasteiger partial charge >= 0.3 is 0 Å². The van der Waals surface area contributed by atoms with Gasteiger partial charge in [-0.25, -0.2) is 0 Å². The van der Waals surface area contributed by atoms with Crippen LogP contribution in [-0.2, 0) is 0 Å². The van der Waals surface area contributed by atoms with Crippen molar-refractivity contribution in [3.8, 4) is 11.5 Å². The number of rotatable bonds is 5. The maximum absolute atomic E-state index is 9.98. The van der Waals surface area contributed by atoms with Crippen LogP contribution in [0.5, 0.6) is 11.5 Å². The number of aliphatic hydroxyl groups excluding tert-OH is 1. The van der Waals surface area contributed by atoms with Gasteiger partial charge in [0, 0.05) is 0 Å². The predicted octanol–water partition coefficient (Wildman–Crippen LogP) is 2.54. The van der Waals surface area contributed by atoms with Crippen LogP contribution in [0.25, 0.3) is 0 Å². The smallest absolute Gasteiger partial charge is 0.128 e. The average molecular weight is 210 g/mol. The zero-order chi connectivity index (χ0) is 11.3. The zero-order valence-electron chi connectivity index (χ0n) is 9.49. The molecule has 0 amide bonds. The summed E-state index contributed by atoms with van der Waals surface area (Å²) in [6, 6.07) is 5.51. The fourth-order valence-electron chi connectivity index (χ4n) is 1.63. The van der Waals surface area contributed by atoms with Crippen molar-refractivity contribution in [2.45, 2.75) is 25.9 Å². The summed E-state index contributed by atoms with van der Waals surface area (Å²) in [6.45, 7) is 2.03. The molecular weight excluding hydrogens is 192 g/mol. The normalized spacial score (nSPS) is 12.3. The van der Waals surface area contributed by atoms with Crippen LogP contribution in [0.1, 0.15) is 31.4 Å². The lowest BCUT2D eigenvalue weighted by atomic mass is 10.0. The number of hydrogen-bond acceptors (Lipinski definition) is 3. The third-order valence-corrected chi connectivity index (χ3v) is 2.36. The van der Waals surface area contributed by atoms with Gasteiger partial charge in [-0.2, -0.15) is 0 Å². The van der Waals surface area contributed by atoms with E-state index in [4.69, 9.17) is 9.47 Å². The molecule has 0 aliphatic heterocycles. The number of aliphatic hydroxyl groups is 1. The standard InChI is InChI=1S/C12H18O3/c1-4-6-9(13)12-10(14-2)7-5-8-11(12)15-3/h5,7-9,13H,4,6H2,1-3H3. The van der Waals surface area contributed by atoms with E-state index in [0.29, 0.717) is 17.9 Å². The minimum atomic E-state index is -0.527.